The highest BCUT2D eigenvalue weighted by atomic mass is 19.4. The van der Waals surface area contributed by atoms with Gasteiger partial charge in [0.15, 0.2) is 6.29 Å². The first-order chi connectivity index (χ1) is 14.2. The molecule has 10 heteroatoms. The number of phenolic OH excluding ortho intramolecular Hbond substituents is 1. The van der Waals surface area contributed by atoms with Crippen molar-refractivity contribution in [2.45, 2.75) is 32.1 Å². The number of rotatable bonds is 6. The highest BCUT2D eigenvalue weighted by molar-refractivity contribution is 5.75. The molecule has 0 bridgehead atoms. The zero-order valence-corrected chi connectivity index (χ0v) is 16.1. The molecule has 2 unspecified atom stereocenters. The summed E-state index contributed by atoms with van der Waals surface area (Å²) in [5, 5.41) is 19.0. The van der Waals surface area contributed by atoms with Crippen molar-refractivity contribution in [3.63, 3.8) is 0 Å². The van der Waals surface area contributed by atoms with E-state index in [1.54, 1.807) is 6.07 Å². The van der Waals surface area contributed by atoms with Gasteiger partial charge in [0.1, 0.15) is 34.3 Å². The van der Waals surface area contributed by atoms with Gasteiger partial charge in [-0.3, -0.25) is 0 Å². The van der Waals surface area contributed by atoms with E-state index in [-0.39, 0.29) is 35.2 Å². The molecule has 2 aromatic carbocycles. The molecule has 1 saturated heterocycles. The van der Waals surface area contributed by atoms with Crippen molar-refractivity contribution in [2.75, 3.05) is 7.11 Å². The first-order valence-corrected chi connectivity index (χ1v) is 8.94. The molecule has 0 saturated carbocycles. The zero-order chi connectivity index (χ0) is 21.6. The molecule has 1 aliphatic heterocycles. The summed E-state index contributed by atoms with van der Waals surface area (Å²) in [6, 6.07) is 6.13. The van der Waals surface area contributed by atoms with E-state index in [1.165, 1.54) is 19.2 Å². The predicted octanol–water partition coefficient (Wildman–Crippen LogP) is 3.97. The third-order valence-corrected chi connectivity index (χ3v) is 4.64. The third kappa shape index (κ3) is 3.83. The molecule has 7 nitrogen and oxygen atoms in total. The number of benzene rings is 2. The van der Waals surface area contributed by atoms with Gasteiger partial charge in [0, 0.05) is 11.6 Å². The van der Waals surface area contributed by atoms with Gasteiger partial charge in [0.2, 0.25) is 0 Å². The van der Waals surface area contributed by atoms with Crippen LogP contribution in [-0.2, 0) is 22.3 Å². The minimum atomic E-state index is -4.49. The molecule has 0 radical (unpaired) electrons. The average Bonchev–Trinajstić information content (AvgIpc) is 3.35. The van der Waals surface area contributed by atoms with Gasteiger partial charge in [-0.1, -0.05) is 6.58 Å². The van der Waals surface area contributed by atoms with Crippen LogP contribution in [0.5, 0.6) is 11.5 Å². The number of aromatic hydroxyl groups is 1. The van der Waals surface area contributed by atoms with E-state index >= 15 is 0 Å². The minimum Gasteiger partial charge on any atom is -0.505 e. The number of methoxy groups -OCH3 is 1. The molecule has 3 aromatic rings. The number of phenols is 1. The number of nitrogens with zero attached hydrogens (tertiary/aromatic N) is 3. The van der Waals surface area contributed by atoms with Crippen molar-refractivity contribution in [1.29, 1.82) is 0 Å². The van der Waals surface area contributed by atoms with E-state index in [4.69, 9.17) is 14.2 Å². The molecule has 1 aliphatic rings. The van der Waals surface area contributed by atoms with Crippen LogP contribution in [0.3, 0.4) is 0 Å². The monoisotopic (exact) mass is 421 g/mol. The van der Waals surface area contributed by atoms with Gasteiger partial charge < -0.3 is 19.3 Å². The van der Waals surface area contributed by atoms with Gasteiger partial charge in [-0.05, 0) is 36.8 Å². The lowest BCUT2D eigenvalue weighted by molar-refractivity contribution is -0.137. The first kappa shape index (κ1) is 20.2. The van der Waals surface area contributed by atoms with E-state index < -0.39 is 18.0 Å². The fourth-order valence-electron chi connectivity index (χ4n) is 2.97. The molecule has 30 heavy (non-hydrogen) atoms. The van der Waals surface area contributed by atoms with Crippen molar-refractivity contribution < 1.29 is 32.5 Å². The van der Waals surface area contributed by atoms with Crippen molar-refractivity contribution in [3.8, 4) is 17.2 Å². The number of halogens is 3. The smallest absolute Gasteiger partial charge is 0.416 e. The minimum absolute atomic E-state index is 0.0174. The summed E-state index contributed by atoms with van der Waals surface area (Å²) >= 11 is 0. The molecule has 1 fully saturated rings. The summed E-state index contributed by atoms with van der Waals surface area (Å²) in [6.45, 7) is 5.64. The van der Waals surface area contributed by atoms with Crippen LogP contribution in [0.1, 0.15) is 18.1 Å². The van der Waals surface area contributed by atoms with Crippen molar-refractivity contribution in [3.05, 3.63) is 53.6 Å². The van der Waals surface area contributed by atoms with Crippen LogP contribution in [0.2, 0.25) is 0 Å². The Kier molecular flexibility index (Phi) is 4.91. The average molecular weight is 421 g/mol. The van der Waals surface area contributed by atoms with Crippen LogP contribution in [0.25, 0.3) is 16.7 Å². The molecule has 0 amide bonds. The van der Waals surface area contributed by atoms with Gasteiger partial charge in [-0.2, -0.15) is 13.2 Å². The number of hydrogen-bond acceptors (Lipinski definition) is 6. The fraction of sp³-hybridized carbons (Fsp3) is 0.300. The molecule has 2 heterocycles. The fourth-order valence-corrected chi connectivity index (χ4v) is 2.97. The maximum absolute atomic E-state index is 13.0. The summed E-state index contributed by atoms with van der Waals surface area (Å²) in [5.41, 5.74) is 0.825. The summed E-state index contributed by atoms with van der Waals surface area (Å²) < 4.78 is 55.1. The van der Waals surface area contributed by atoms with Crippen molar-refractivity contribution in [1.82, 2.24) is 15.0 Å². The quantitative estimate of drug-likeness (QED) is 0.479. The van der Waals surface area contributed by atoms with E-state index in [0.717, 1.165) is 22.5 Å². The highest BCUT2D eigenvalue weighted by Crippen LogP contribution is 2.35. The first-order valence-electron chi connectivity index (χ1n) is 8.94. The van der Waals surface area contributed by atoms with Crippen LogP contribution in [0.15, 0.2) is 42.5 Å². The summed E-state index contributed by atoms with van der Waals surface area (Å²) in [7, 11) is 1.45. The lowest BCUT2D eigenvalue weighted by atomic mass is 10.1. The molecule has 2 atom stereocenters. The van der Waals surface area contributed by atoms with Crippen LogP contribution < -0.4 is 4.74 Å². The van der Waals surface area contributed by atoms with Gasteiger partial charge >= 0.3 is 6.18 Å². The predicted molar refractivity (Wildman–Crippen MR) is 100 cm³/mol. The highest BCUT2D eigenvalue weighted by Gasteiger charge is 2.40. The summed E-state index contributed by atoms with van der Waals surface area (Å²) in [6.07, 6.45) is -5.12. The Balaban J connectivity index is 1.67. The van der Waals surface area contributed by atoms with Crippen molar-refractivity contribution >= 4 is 11.0 Å². The topological polar surface area (TPSA) is 81.9 Å². The lowest BCUT2D eigenvalue weighted by Crippen LogP contribution is -2.05. The largest absolute Gasteiger partial charge is 0.505 e. The molecule has 0 spiro atoms. The van der Waals surface area contributed by atoms with Gasteiger partial charge in [0.25, 0.3) is 0 Å². The summed E-state index contributed by atoms with van der Waals surface area (Å²) in [4.78, 5) is 1.07. The van der Waals surface area contributed by atoms with Gasteiger partial charge in [-0.25, -0.2) is 0 Å². The Morgan fingerprint density at radius 2 is 1.97 bits per heavy atom. The Labute approximate surface area is 169 Å². The van der Waals surface area contributed by atoms with Gasteiger partial charge in [-0.15, -0.1) is 15.0 Å². The van der Waals surface area contributed by atoms with E-state index in [9.17, 15) is 18.3 Å². The Morgan fingerprint density at radius 3 is 2.60 bits per heavy atom. The number of alkyl halides is 3. The molecule has 1 aromatic heterocycles. The second kappa shape index (κ2) is 7.29. The SMILES string of the molecule is C=C(C)C1OC1OCc1cc(OC)cc(-n2nc3ccc(C(F)(F)F)cc3n2)c1O. The number of ether oxygens (including phenoxy) is 3. The third-order valence-electron chi connectivity index (χ3n) is 4.64. The molecule has 4 rings (SSSR count). The second-order valence-corrected chi connectivity index (χ2v) is 6.93. The number of fused-ring (bicyclic) bond motifs is 1. The zero-order valence-electron chi connectivity index (χ0n) is 16.1. The maximum Gasteiger partial charge on any atom is 0.416 e. The molecule has 158 valence electrons. The number of aromatic nitrogens is 3. The van der Waals surface area contributed by atoms with Gasteiger partial charge in [0.05, 0.1) is 19.3 Å². The Bertz CT molecular complexity index is 1130. The Morgan fingerprint density at radius 1 is 1.23 bits per heavy atom. The van der Waals surface area contributed by atoms with E-state index in [1.807, 2.05) is 6.92 Å². The Hall–Kier alpha value is -3.11. The molecular weight excluding hydrogens is 403 g/mol. The summed E-state index contributed by atoms with van der Waals surface area (Å²) in [5.74, 6) is 0.214. The number of hydrogen-bond donors (Lipinski definition) is 1. The number of epoxide rings is 1. The normalized spacial score (nSPS) is 18.6. The lowest BCUT2D eigenvalue weighted by Gasteiger charge is -2.11. The maximum atomic E-state index is 13.0. The van der Waals surface area contributed by atoms with Crippen LogP contribution in [0, 0.1) is 0 Å². The molecular formula is C20H18F3N3O4. The van der Waals surface area contributed by atoms with Crippen LogP contribution in [0.4, 0.5) is 13.2 Å². The standard InChI is InChI=1S/C20H18F3N3O4/c1-10(2)18-19(30-18)29-9-11-6-13(28-3)8-16(17(11)27)26-24-14-5-4-12(20(21,22)23)7-15(14)25-26/h4-8,18-19,27H,1,9H2,2-3H3. The molecule has 0 aliphatic carbocycles. The van der Waals surface area contributed by atoms with E-state index in [0.29, 0.717) is 11.3 Å². The van der Waals surface area contributed by atoms with Crippen molar-refractivity contribution in [2.24, 2.45) is 0 Å². The second-order valence-electron chi connectivity index (χ2n) is 6.93. The van der Waals surface area contributed by atoms with E-state index in [2.05, 4.69) is 16.8 Å². The molecule has 1 N–H and O–H groups in total. The van der Waals surface area contributed by atoms with Crippen LogP contribution in [-0.4, -0.2) is 39.6 Å². The van der Waals surface area contributed by atoms with Crippen LogP contribution >= 0.6 is 0 Å².